The highest BCUT2D eigenvalue weighted by Gasteiger charge is 2.21. The number of hydrogen-bond donors (Lipinski definition) is 1. The molecule has 2 rings (SSSR count). The van der Waals surface area contributed by atoms with Gasteiger partial charge in [0, 0.05) is 32.2 Å². The SMILES string of the molecule is NCC(=O)N1CCN(c2ccc([N+](=O)[O-])nc2)CC1. The van der Waals surface area contributed by atoms with Crippen LogP contribution in [0.4, 0.5) is 11.5 Å². The number of carbonyl (C=O) groups excluding carboxylic acids is 1. The fourth-order valence-electron chi connectivity index (χ4n) is 2.02. The maximum Gasteiger partial charge on any atom is 0.363 e. The third-order valence-electron chi connectivity index (χ3n) is 3.09. The first-order chi connectivity index (χ1) is 9.11. The summed E-state index contributed by atoms with van der Waals surface area (Å²) in [5.74, 6) is -0.220. The number of pyridine rings is 1. The van der Waals surface area contributed by atoms with E-state index >= 15 is 0 Å². The third kappa shape index (κ3) is 2.97. The first-order valence-electron chi connectivity index (χ1n) is 5.95. The lowest BCUT2D eigenvalue weighted by Crippen LogP contribution is -2.50. The molecule has 0 radical (unpaired) electrons. The number of hydrogen-bond acceptors (Lipinski definition) is 6. The molecule has 0 aromatic carbocycles. The monoisotopic (exact) mass is 265 g/mol. The van der Waals surface area contributed by atoms with Gasteiger partial charge in [0.1, 0.15) is 0 Å². The summed E-state index contributed by atoms with van der Waals surface area (Å²) in [7, 11) is 0. The molecule has 0 spiro atoms. The summed E-state index contributed by atoms with van der Waals surface area (Å²) in [5.41, 5.74) is 6.14. The summed E-state index contributed by atoms with van der Waals surface area (Å²) in [5, 5.41) is 10.5. The lowest BCUT2D eigenvalue weighted by Gasteiger charge is -2.35. The molecule has 8 nitrogen and oxygen atoms in total. The van der Waals surface area contributed by atoms with Gasteiger partial charge in [-0.3, -0.25) is 4.79 Å². The molecule has 1 aromatic heterocycles. The predicted molar refractivity (Wildman–Crippen MR) is 68.7 cm³/mol. The van der Waals surface area contributed by atoms with Gasteiger partial charge in [0.05, 0.1) is 12.2 Å². The molecule has 19 heavy (non-hydrogen) atoms. The number of aromatic nitrogens is 1. The molecule has 1 aromatic rings. The molecule has 0 aliphatic carbocycles. The molecule has 2 N–H and O–H groups in total. The van der Waals surface area contributed by atoms with Gasteiger partial charge in [0.2, 0.25) is 5.91 Å². The zero-order valence-corrected chi connectivity index (χ0v) is 10.4. The summed E-state index contributed by atoms with van der Waals surface area (Å²) in [6.45, 7) is 2.58. The molecule has 1 saturated heterocycles. The van der Waals surface area contributed by atoms with Crippen LogP contribution >= 0.6 is 0 Å². The van der Waals surface area contributed by atoms with Crippen LogP contribution in [0.3, 0.4) is 0 Å². The Balaban J connectivity index is 1.97. The maximum atomic E-state index is 11.4. The van der Waals surface area contributed by atoms with Crippen molar-refractivity contribution in [1.82, 2.24) is 9.88 Å². The lowest BCUT2D eigenvalue weighted by atomic mass is 10.2. The molecule has 0 saturated carbocycles. The minimum atomic E-state index is -0.526. The molecule has 1 aliphatic rings. The standard InChI is InChI=1S/C11H15N5O3/c12-7-11(17)15-5-3-14(4-6-15)9-1-2-10(13-8-9)16(18)19/h1-2,8H,3-7,12H2. The molecule has 0 bridgehead atoms. The highest BCUT2D eigenvalue weighted by atomic mass is 16.6. The van der Waals surface area contributed by atoms with E-state index in [0.29, 0.717) is 26.2 Å². The molecule has 1 fully saturated rings. The van der Waals surface area contributed by atoms with E-state index < -0.39 is 4.92 Å². The Morgan fingerprint density at radius 2 is 2.05 bits per heavy atom. The van der Waals surface area contributed by atoms with Crippen LogP contribution < -0.4 is 10.6 Å². The van der Waals surface area contributed by atoms with Gasteiger partial charge in [-0.15, -0.1) is 0 Å². The van der Waals surface area contributed by atoms with Crippen LogP contribution in [0.25, 0.3) is 0 Å². The van der Waals surface area contributed by atoms with E-state index in [9.17, 15) is 14.9 Å². The largest absolute Gasteiger partial charge is 0.365 e. The Bertz CT molecular complexity index is 468. The van der Waals surface area contributed by atoms with Gasteiger partial charge in [-0.05, 0) is 16.0 Å². The van der Waals surface area contributed by atoms with Gasteiger partial charge < -0.3 is 25.6 Å². The van der Waals surface area contributed by atoms with Crippen LogP contribution in [-0.4, -0.2) is 53.4 Å². The number of nitrogens with zero attached hydrogens (tertiary/aromatic N) is 4. The lowest BCUT2D eigenvalue weighted by molar-refractivity contribution is -0.389. The van der Waals surface area contributed by atoms with E-state index in [1.165, 1.54) is 12.3 Å². The Hall–Kier alpha value is -2.22. The van der Waals surface area contributed by atoms with Crippen LogP contribution in [0.1, 0.15) is 0 Å². The Kier molecular flexibility index (Phi) is 3.91. The molecule has 102 valence electrons. The van der Waals surface area contributed by atoms with Crippen molar-refractivity contribution in [2.75, 3.05) is 37.6 Å². The maximum absolute atomic E-state index is 11.4. The van der Waals surface area contributed by atoms with Crippen LogP contribution in [-0.2, 0) is 4.79 Å². The average molecular weight is 265 g/mol. The van der Waals surface area contributed by atoms with Crippen molar-refractivity contribution >= 4 is 17.4 Å². The number of amides is 1. The van der Waals surface area contributed by atoms with E-state index in [4.69, 9.17) is 5.73 Å². The fraction of sp³-hybridized carbons (Fsp3) is 0.455. The van der Waals surface area contributed by atoms with Crippen LogP contribution in [0, 0.1) is 10.1 Å². The van der Waals surface area contributed by atoms with E-state index in [1.54, 1.807) is 11.0 Å². The third-order valence-corrected chi connectivity index (χ3v) is 3.09. The van der Waals surface area contributed by atoms with Gasteiger partial charge in [0.15, 0.2) is 6.20 Å². The summed E-state index contributed by atoms with van der Waals surface area (Å²) in [6, 6.07) is 3.05. The highest BCUT2D eigenvalue weighted by Crippen LogP contribution is 2.17. The van der Waals surface area contributed by atoms with Crippen molar-refractivity contribution < 1.29 is 9.72 Å². The van der Waals surface area contributed by atoms with Crippen molar-refractivity contribution in [1.29, 1.82) is 0 Å². The molecule has 0 atom stereocenters. The van der Waals surface area contributed by atoms with E-state index in [2.05, 4.69) is 4.98 Å². The average Bonchev–Trinajstić information content (AvgIpc) is 2.46. The normalized spacial score (nSPS) is 15.4. The van der Waals surface area contributed by atoms with Crippen molar-refractivity contribution in [2.45, 2.75) is 0 Å². The second kappa shape index (κ2) is 5.61. The summed E-state index contributed by atoms with van der Waals surface area (Å²) in [6.07, 6.45) is 1.48. The zero-order chi connectivity index (χ0) is 13.8. The first kappa shape index (κ1) is 13.2. The highest BCUT2D eigenvalue weighted by molar-refractivity contribution is 5.78. The number of anilines is 1. The number of rotatable bonds is 3. The Morgan fingerprint density at radius 1 is 1.37 bits per heavy atom. The van der Waals surface area contributed by atoms with Gasteiger partial charge in [0.25, 0.3) is 0 Å². The van der Waals surface area contributed by atoms with Crippen molar-refractivity contribution in [3.8, 4) is 0 Å². The number of carbonyl (C=O) groups is 1. The van der Waals surface area contributed by atoms with Crippen LogP contribution in [0.5, 0.6) is 0 Å². The van der Waals surface area contributed by atoms with Crippen molar-refractivity contribution in [3.63, 3.8) is 0 Å². The smallest absolute Gasteiger partial charge is 0.363 e. The summed E-state index contributed by atoms with van der Waals surface area (Å²) < 4.78 is 0. The van der Waals surface area contributed by atoms with Crippen LogP contribution in [0.15, 0.2) is 18.3 Å². The topological polar surface area (TPSA) is 106 Å². The Morgan fingerprint density at radius 3 is 2.53 bits per heavy atom. The zero-order valence-electron chi connectivity index (χ0n) is 10.4. The molecular weight excluding hydrogens is 250 g/mol. The number of piperazine rings is 1. The predicted octanol–water partition coefficient (Wildman–Crippen LogP) is -0.403. The molecule has 1 amide bonds. The van der Waals surface area contributed by atoms with Gasteiger partial charge >= 0.3 is 5.82 Å². The first-order valence-corrected chi connectivity index (χ1v) is 5.95. The van der Waals surface area contributed by atoms with Gasteiger partial charge in [-0.2, -0.15) is 0 Å². The molecule has 0 unspecified atom stereocenters. The second-order valence-corrected chi connectivity index (χ2v) is 4.20. The van der Waals surface area contributed by atoms with Crippen molar-refractivity contribution in [3.05, 3.63) is 28.4 Å². The van der Waals surface area contributed by atoms with E-state index in [-0.39, 0.29) is 18.3 Å². The minimum Gasteiger partial charge on any atom is -0.365 e. The molecule has 2 heterocycles. The van der Waals surface area contributed by atoms with Gasteiger partial charge in [-0.1, -0.05) is 0 Å². The molecule has 8 heteroatoms. The number of nitrogens with two attached hydrogens (primary N) is 1. The summed E-state index contributed by atoms with van der Waals surface area (Å²) in [4.78, 5) is 29.0. The number of nitro groups is 1. The summed E-state index contributed by atoms with van der Waals surface area (Å²) >= 11 is 0. The second-order valence-electron chi connectivity index (χ2n) is 4.20. The molecule has 1 aliphatic heterocycles. The van der Waals surface area contributed by atoms with Crippen LogP contribution in [0.2, 0.25) is 0 Å². The minimum absolute atomic E-state index is 0.0269. The van der Waals surface area contributed by atoms with E-state index in [0.717, 1.165) is 5.69 Å². The Labute approximate surface area is 110 Å². The van der Waals surface area contributed by atoms with Crippen molar-refractivity contribution in [2.24, 2.45) is 5.73 Å². The molecular formula is C11H15N5O3. The van der Waals surface area contributed by atoms with Gasteiger partial charge in [-0.25, -0.2) is 0 Å². The van der Waals surface area contributed by atoms with E-state index in [1.807, 2.05) is 4.90 Å². The quantitative estimate of drug-likeness (QED) is 0.588. The fourth-order valence-corrected chi connectivity index (χ4v) is 2.02.